The van der Waals surface area contributed by atoms with Gasteiger partial charge in [-0.05, 0) is 48.2 Å². The van der Waals surface area contributed by atoms with Gasteiger partial charge in [-0.1, -0.05) is 0 Å². The minimum atomic E-state index is -0.577. The van der Waals surface area contributed by atoms with Crippen molar-refractivity contribution in [3.05, 3.63) is 65.5 Å². The number of nitrogens with one attached hydrogen (secondary N) is 2. The molecule has 1 aliphatic rings. The number of piperazine rings is 1. The summed E-state index contributed by atoms with van der Waals surface area (Å²) in [4.78, 5) is 4.03. The fourth-order valence-electron chi connectivity index (χ4n) is 3.08. The number of nitrogens with zero attached hydrogens (tertiary/aromatic N) is 1. The molecule has 0 spiro atoms. The average molecular weight is 347 g/mol. The molecule has 2 unspecified atom stereocenters. The Balaban J connectivity index is 1.40. The van der Waals surface area contributed by atoms with Crippen LogP contribution in [0, 0.1) is 11.6 Å². The van der Waals surface area contributed by atoms with Crippen molar-refractivity contribution in [3.8, 4) is 0 Å². The van der Waals surface area contributed by atoms with E-state index in [4.69, 9.17) is 4.74 Å². The lowest BCUT2D eigenvalue weighted by Gasteiger charge is -2.32. The molecule has 0 saturated carbocycles. The number of pyridine rings is 1. The third kappa shape index (κ3) is 5.85. The van der Waals surface area contributed by atoms with Gasteiger partial charge in [-0.3, -0.25) is 4.98 Å². The molecule has 0 amide bonds. The third-order valence-corrected chi connectivity index (χ3v) is 4.29. The lowest BCUT2D eigenvalue weighted by atomic mass is 10.0. The van der Waals surface area contributed by atoms with E-state index in [0.717, 1.165) is 32.0 Å². The summed E-state index contributed by atoms with van der Waals surface area (Å²) >= 11 is 0. The number of aryl methyl sites for hydroxylation is 1. The monoisotopic (exact) mass is 347 g/mol. The normalized spacial score (nSPS) is 20.6. The summed E-state index contributed by atoms with van der Waals surface area (Å²) in [6, 6.07) is 8.10. The van der Waals surface area contributed by atoms with E-state index in [2.05, 4.69) is 15.6 Å². The van der Waals surface area contributed by atoms with Crippen molar-refractivity contribution >= 4 is 0 Å². The molecule has 6 heteroatoms. The SMILES string of the molecule is Fc1cc(F)cc(COCC2CNCC(CCc3ccncc3)N2)c1. The predicted molar refractivity (Wildman–Crippen MR) is 92.2 cm³/mol. The molecule has 1 saturated heterocycles. The summed E-state index contributed by atoms with van der Waals surface area (Å²) in [5, 5.41) is 6.99. The van der Waals surface area contributed by atoms with Gasteiger partial charge in [0.25, 0.3) is 0 Å². The van der Waals surface area contributed by atoms with E-state index in [1.807, 2.05) is 24.5 Å². The Morgan fingerprint density at radius 3 is 2.48 bits per heavy atom. The molecule has 1 aliphatic heterocycles. The summed E-state index contributed by atoms with van der Waals surface area (Å²) in [5.74, 6) is -1.15. The Hall–Kier alpha value is -1.89. The van der Waals surface area contributed by atoms with E-state index < -0.39 is 11.6 Å². The number of hydrogen-bond donors (Lipinski definition) is 2. The molecule has 2 N–H and O–H groups in total. The van der Waals surface area contributed by atoms with E-state index in [9.17, 15) is 8.78 Å². The third-order valence-electron chi connectivity index (χ3n) is 4.29. The van der Waals surface area contributed by atoms with Crippen molar-refractivity contribution in [2.45, 2.75) is 31.5 Å². The maximum atomic E-state index is 13.2. The van der Waals surface area contributed by atoms with Crippen LogP contribution in [0.25, 0.3) is 0 Å². The lowest BCUT2D eigenvalue weighted by molar-refractivity contribution is 0.0876. The highest BCUT2D eigenvalue weighted by molar-refractivity contribution is 5.17. The van der Waals surface area contributed by atoms with Crippen LogP contribution in [-0.4, -0.2) is 36.8 Å². The minimum Gasteiger partial charge on any atom is -0.375 e. The minimum absolute atomic E-state index is 0.189. The van der Waals surface area contributed by atoms with E-state index in [1.165, 1.54) is 17.7 Å². The van der Waals surface area contributed by atoms with Crippen LogP contribution in [0.5, 0.6) is 0 Å². The molecule has 134 valence electrons. The molecular formula is C19H23F2N3O. The average Bonchev–Trinajstić information content (AvgIpc) is 2.60. The van der Waals surface area contributed by atoms with Crippen LogP contribution in [0.1, 0.15) is 17.5 Å². The lowest BCUT2D eigenvalue weighted by Crippen LogP contribution is -2.56. The number of benzene rings is 1. The zero-order valence-corrected chi connectivity index (χ0v) is 14.1. The first-order chi connectivity index (χ1) is 12.2. The van der Waals surface area contributed by atoms with Crippen LogP contribution in [0.3, 0.4) is 0 Å². The summed E-state index contributed by atoms with van der Waals surface area (Å²) in [6.07, 6.45) is 5.65. The van der Waals surface area contributed by atoms with Gasteiger partial charge in [0.05, 0.1) is 13.2 Å². The van der Waals surface area contributed by atoms with Gasteiger partial charge in [-0.25, -0.2) is 8.78 Å². The van der Waals surface area contributed by atoms with Gasteiger partial charge in [-0.2, -0.15) is 0 Å². The highest BCUT2D eigenvalue weighted by Crippen LogP contribution is 2.10. The smallest absolute Gasteiger partial charge is 0.126 e. The molecule has 2 heterocycles. The predicted octanol–water partition coefficient (Wildman–Crippen LogP) is 2.44. The van der Waals surface area contributed by atoms with Crippen LogP contribution >= 0.6 is 0 Å². The maximum absolute atomic E-state index is 13.2. The molecule has 4 nitrogen and oxygen atoms in total. The van der Waals surface area contributed by atoms with Crippen LogP contribution in [-0.2, 0) is 17.8 Å². The molecule has 1 fully saturated rings. The second-order valence-corrected chi connectivity index (χ2v) is 6.41. The van der Waals surface area contributed by atoms with E-state index in [-0.39, 0.29) is 12.6 Å². The molecule has 1 aromatic carbocycles. The number of rotatable bonds is 7. The van der Waals surface area contributed by atoms with Crippen LogP contribution in [0.2, 0.25) is 0 Å². The Kier molecular flexibility index (Phi) is 6.44. The van der Waals surface area contributed by atoms with Crippen molar-refractivity contribution in [2.24, 2.45) is 0 Å². The van der Waals surface area contributed by atoms with Gasteiger partial charge in [0.2, 0.25) is 0 Å². The van der Waals surface area contributed by atoms with Gasteiger partial charge < -0.3 is 15.4 Å². The quantitative estimate of drug-likeness (QED) is 0.808. The van der Waals surface area contributed by atoms with Gasteiger partial charge in [0.1, 0.15) is 11.6 Å². The highest BCUT2D eigenvalue weighted by Gasteiger charge is 2.20. The van der Waals surface area contributed by atoms with Crippen LogP contribution in [0.4, 0.5) is 8.78 Å². The number of aromatic nitrogens is 1. The molecule has 1 aromatic heterocycles. The molecule has 0 bridgehead atoms. The second kappa shape index (κ2) is 8.99. The molecule has 0 aliphatic carbocycles. The standard InChI is InChI=1S/C19H23F2N3O/c20-16-7-15(8-17(21)9-16)12-25-13-19-11-23-10-18(24-19)2-1-14-3-5-22-6-4-14/h3-9,18-19,23-24H,1-2,10-13H2. The molecule has 2 aromatic rings. The Morgan fingerprint density at radius 2 is 1.72 bits per heavy atom. The molecule has 2 atom stereocenters. The molecular weight excluding hydrogens is 324 g/mol. The first-order valence-corrected chi connectivity index (χ1v) is 8.57. The Morgan fingerprint density at radius 1 is 1.00 bits per heavy atom. The molecule has 0 radical (unpaired) electrons. The van der Waals surface area contributed by atoms with E-state index in [1.54, 1.807) is 0 Å². The van der Waals surface area contributed by atoms with Crippen molar-refractivity contribution in [3.63, 3.8) is 0 Å². The zero-order chi connectivity index (χ0) is 17.5. The van der Waals surface area contributed by atoms with E-state index in [0.29, 0.717) is 18.2 Å². The van der Waals surface area contributed by atoms with Crippen molar-refractivity contribution < 1.29 is 13.5 Å². The topological polar surface area (TPSA) is 46.2 Å². The van der Waals surface area contributed by atoms with Crippen LogP contribution in [0.15, 0.2) is 42.7 Å². The van der Waals surface area contributed by atoms with Crippen molar-refractivity contribution in [1.29, 1.82) is 0 Å². The fourth-order valence-corrected chi connectivity index (χ4v) is 3.08. The Labute approximate surface area is 146 Å². The number of halogens is 2. The fraction of sp³-hybridized carbons (Fsp3) is 0.421. The Bertz CT molecular complexity index is 649. The van der Waals surface area contributed by atoms with Gasteiger partial charge in [0.15, 0.2) is 0 Å². The molecule has 3 rings (SSSR count). The highest BCUT2D eigenvalue weighted by atomic mass is 19.1. The van der Waals surface area contributed by atoms with Crippen molar-refractivity contribution in [1.82, 2.24) is 15.6 Å². The maximum Gasteiger partial charge on any atom is 0.126 e. The first kappa shape index (κ1) is 17.9. The summed E-state index contributed by atoms with van der Waals surface area (Å²) in [5.41, 5.74) is 1.79. The summed E-state index contributed by atoms with van der Waals surface area (Å²) < 4.78 is 32.0. The van der Waals surface area contributed by atoms with Crippen LogP contribution < -0.4 is 10.6 Å². The number of ether oxygens (including phenoxy) is 1. The number of hydrogen-bond acceptors (Lipinski definition) is 4. The summed E-state index contributed by atoms with van der Waals surface area (Å²) in [6.45, 7) is 2.45. The second-order valence-electron chi connectivity index (χ2n) is 6.41. The van der Waals surface area contributed by atoms with E-state index >= 15 is 0 Å². The van der Waals surface area contributed by atoms with Gasteiger partial charge in [-0.15, -0.1) is 0 Å². The van der Waals surface area contributed by atoms with Crippen molar-refractivity contribution in [2.75, 3.05) is 19.7 Å². The molecule has 25 heavy (non-hydrogen) atoms. The summed E-state index contributed by atoms with van der Waals surface area (Å²) in [7, 11) is 0. The zero-order valence-electron chi connectivity index (χ0n) is 14.1. The van der Waals surface area contributed by atoms with Gasteiger partial charge >= 0.3 is 0 Å². The first-order valence-electron chi connectivity index (χ1n) is 8.57. The van der Waals surface area contributed by atoms with Gasteiger partial charge in [0, 0.05) is 43.6 Å². The largest absolute Gasteiger partial charge is 0.375 e.